The van der Waals surface area contributed by atoms with Gasteiger partial charge < -0.3 is 15.5 Å². The predicted octanol–water partition coefficient (Wildman–Crippen LogP) is 0.503. The third-order valence-electron chi connectivity index (χ3n) is 3.48. The molecular formula is C14H25N3O3. The first-order valence-corrected chi connectivity index (χ1v) is 7.38. The molecule has 1 aliphatic heterocycles. The van der Waals surface area contributed by atoms with E-state index in [4.69, 9.17) is 5.73 Å². The molecule has 3 amide bonds. The van der Waals surface area contributed by atoms with E-state index in [2.05, 4.69) is 0 Å². The lowest BCUT2D eigenvalue weighted by molar-refractivity contribution is -0.141. The molecular weight excluding hydrogens is 258 g/mol. The molecule has 0 bridgehead atoms. The highest BCUT2D eigenvalue weighted by Gasteiger charge is 2.22. The van der Waals surface area contributed by atoms with Gasteiger partial charge in [0.2, 0.25) is 17.7 Å². The highest BCUT2D eigenvalue weighted by molar-refractivity contribution is 5.88. The van der Waals surface area contributed by atoms with Gasteiger partial charge in [-0.25, -0.2) is 0 Å². The fraction of sp³-hybridized carbons (Fsp3) is 0.786. The SMILES string of the molecule is CCCCN(CC(N)=O)C(=O)CN1CCCCCC1=O. The zero-order valence-electron chi connectivity index (χ0n) is 12.3. The summed E-state index contributed by atoms with van der Waals surface area (Å²) in [6.07, 6.45) is 5.13. The van der Waals surface area contributed by atoms with Crippen LogP contribution in [-0.4, -0.2) is 53.7 Å². The van der Waals surface area contributed by atoms with E-state index in [9.17, 15) is 14.4 Å². The standard InChI is InChI=1S/C14H25N3O3/c1-2-3-8-16(10-12(15)18)14(20)11-17-9-6-4-5-7-13(17)19/h2-11H2,1H3,(H2,15,18). The van der Waals surface area contributed by atoms with Crippen LogP contribution in [0.1, 0.15) is 45.4 Å². The van der Waals surface area contributed by atoms with Crippen molar-refractivity contribution in [3.05, 3.63) is 0 Å². The summed E-state index contributed by atoms with van der Waals surface area (Å²) in [7, 11) is 0. The molecule has 1 aliphatic rings. The van der Waals surface area contributed by atoms with Gasteiger partial charge in [0.15, 0.2) is 0 Å². The van der Waals surface area contributed by atoms with Crippen LogP contribution in [0, 0.1) is 0 Å². The van der Waals surface area contributed by atoms with E-state index in [1.807, 2.05) is 6.92 Å². The van der Waals surface area contributed by atoms with E-state index in [1.165, 1.54) is 4.90 Å². The minimum absolute atomic E-state index is 0.0327. The molecule has 0 spiro atoms. The van der Waals surface area contributed by atoms with Crippen LogP contribution >= 0.6 is 0 Å². The Balaban J connectivity index is 2.58. The second-order valence-electron chi connectivity index (χ2n) is 5.26. The Morgan fingerprint density at radius 3 is 2.70 bits per heavy atom. The first-order chi connectivity index (χ1) is 9.54. The molecule has 1 heterocycles. The molecule has 2 N–H and O–H groups in total. The minimum Gasteiger partial charge on any atom is -0.368 e. The summed E-state index contributed by atoms with van der Waals surface area (Å²) < 4.78 is 0. The molecule has 6 nitrogen and oxygen atoms in total. The number of unbranched alkanes of at least 4 members (excludes halogenated alkanes) is 1. The maximum absolute atomic E-state index is 12.2. The number of likely N-dealkylation sites (tertiary alicyclic amines) is 1. The monoisotopic (exact) mass is 283 g/mol. The second kappa shape index (κ2) is 8.55. The number of carbonyl (C=O) groups is 3. The van der Waals surface area contributed by atoms with Gasteiger partial charge in [0.05, 0.1) is 13.1 Å². The van der Waals surface area contributed by atoms with Crippen LogP contribution < -0.4 is 5.73 Å². The zero-order valence-corrected chi connectivity index (χ0v) is 12.3. The quantitative estimate of drug-likeness (QED) is 0.738. The van der Waals surface area contributed by atoms with Crippen LogP contribution in [0.25, 0.3) is 0 Å². The number of rotatable bonds is 7. The van der Waals surface area contributed by atoms with E-state index < -0.39 is 5.91 Å². The molecule has 0 unspecified atom stereocenters. The van der Waals surface area contributed by atoms with Crippen molar-refractivity contribution >= 4 is 17.7 Å². The molecule has 0 aromatic heterocycles. The third-order valence-corrected chi connectivity index (χ3v) is 3.48. The number of carbonyl (C=O) groups excluding carboxylic acids is 3. The molecule has 20 heavy (non-hydrogen) atoms. The smallest absolute Gasteiger partial charge is 0.242 e. The first kappa shape index (κ1) is 16.5. The van der Waals surface area contributed by atoms with Gasteiger partial charge in [-0.15, -0.1) is 0 Å². The summed E-state index contributed by atoms with van der Waals surface area (Å²) in [5.74, 6) is -0.672. The van der Waals surface area contributed by atoms with Gasteiger partial charge in [-0.05, 0) is 19.3 Å². The Labute approximate surface area is 120 Å². The first-order valence-electron chi connectivity index (χ1n) is 7.38. The van der Waals surface area contributed by atoms with Crippen molar-refractivity contribution in [3.8, 4) is 0 Å². The number of nitrogens with two attached hydrogens (primary N) is 1. The Hall–Kier alpha value is -1.59. The fourth-order valence-electron chi connectivity index (χ4n) is 2.30. The normalized spacial score (nSPS) is 15.8. The summed E-state index contributed by atoms with van der Waals surface area (Å²) in [5.41, 5.74) is 5.17. The van der Waals surface area contributed by atoms with Crippen molar-refractivity contribution in [2.24, 2.45) is 5.73 Å². The van der Waals surface area contributed by atoms with E-state index in [1.54, 1.807) is 4.90 Å². The Kier molecular flexibility index (Phi) is 7.04. The number of hydrogen-bond donors (Lipinski definition) is 1. The molecule has 114 valence electrons. The Morgan fingerprint density at radius 2 is 2.05 bits per heavy atom. The number of nitrogens with zero attached hydrogens (tertiary/aromatic N) is 2. The van der Waals surface area contributed by atoms with Gasteiger partial charge in [-0.3, -0.25) is 14.4 Å². The van der Waals surface area contributed by atoms with Crippen molar-refractivity contribution < 1.29 is 14.4 Å². The lowest BCUT2D eigenvalue weighted by atomic mass is 10.2. The van der Waals surface area contributed by atoms with Crippen molar-refractivity contribution in [2.75, 3.05) is 26.2 Å². The number of hydrogen-bond acceptors (Lipinski definition) is 3. The Bertz CT molecular complexity index is 358. The van der Waals surface area contributed by atoms with Gasteiger partial charge in [-0.2, -0.15) is 0 Å². The second-order valence-corrected chi connectivity index (χ2v) is 5.26. The van der Waals surface area contributed by atoms with Crippen LogP contribution in [0.4, 0.5) is 0 Å². The average molecular weight is 283 g/mol. The molecule has 1 fully saturated rings. The number of amides is 3. The molecule has 0 aliphatic carbocycles. The van der Waals surface area contributed by atoms with Crippen molar-refractivity contribution in [1.29, 1.82) is 0 Å². The molecule has 1 rings (SSSR count). The molecule has 0 atom stereocenters. The summed E-state index contributed by atoms with van der Waals surface area (Å²) in [6.45, 7) is 3.16. The van der Waals surface area contributed by atoms with Crippen LogP contribution in [0.3, 0.4) is 0 Å². The van der Waals surface area contributed by atoms with Crippen LogP contribution in [0.5, 0.6) is 0 Å². The molecule has 0 saturated carbocycles. The lowest BCUT2D eigenvalue weighted by Gasteiger charge is -2.26. The molecule has 0 aromatic rings. The fourth-order valence-corrected chi connectivity index (χ4v) is 2.30. The van der Waals surface area contributed by atoms with Gasteiger partial charge >= 0.3 is 0 Å². The highest BCUT2D eigenvalue weighted by atomic mass is 16.2. The van der Waals surface area contributed by atoms with Gasteiger partial charge in [0.25, 0.3) is 0 Å². The van der Waals surface area contributed by atoms with Crippen LogP contribution in [0.2, 0.25) is 0 Å². The molecule has 1 saturated heterocycles. The van der Waals surface area contributed by atoms with E-state index in [0.717, 1.165) is 32.1 Å². The molecule has 6 heteroatoms. The van der Waals surface area contributed by atoms with Crippen LogP contribution in [0.15, 0.2) is 0 Å². The Morgan fingerprint density at radius 1 is 1.30 bits per heavy atom. The van der Waals surface area contributed by atoms with Gasteiger partial charge in [0, 0.05) is 19.5 Å². The largest absolute Gasteiger partial charge is 0.368 e. The maximum atomic E-state index is 12.2. The summed E-state index contributed by atoms with van der Waals surface area (Å²) in [6, 6.07) is 0. The minimum atomic E-state index is -0.517. The zero-order chi connectivity index (χ0) is 15.0. The van der Waals surface area contributed by atoms with Gasteiger partial charge in [0.1, 0.15) is 0 Å². The molecule has 0 radical (unpaired) electrons. The average Bonchev–Trinajstić information content (AvgIpc) is 2.59. The number of primary amides is 1. The predicted molar refractivity (Wildman–Crippen MR) is 75.7 cm³/mol. The molecule has 0 aromatic carbocycles. The van der Waals surface area contributed by atoms with Crippen molar-refractivity contribution in [1.82, 2.24) is 9.80 Å². The summed E-state index contributed by atoms with van der Waals surface area (Å²) in [5, 5.41) is 0. The van der Waals surface area contributed by atoms with E-state index in [-0.39, 0.29) is 24.9 Å². The van der Waals surface area contributed by atoms with Gasteiger partial charge in [-0.1, -0.05) is 19.8 Å². The maximum Gasteiger partial charge on any atom is 0.242 e. The topological polar surface area (TPSA) is 83.7 Å². The third kappa shape index (κ3) is 5.59. The van der Waals surface area contributed by atoms with Crippen molar-refractivity contribution in [3.63, 3.8) is 0 Å². The highest BCUT2D eigenvalue weighted by Crippen LogP contribution is 2.11. The lowest BCUT2D eigenvalue weighted by Crippen LogP contribution is -2.46. The van der Waals surface area contributed by atoms with Crippen molar-refractivity contribution in [2.45, 2.75) is 45.4 Å². The van der Waals surface area contributed by atoms with E-state index in [0.29, 0.717) is 19.5 Å². The van der Waals surface area contributed by atoms with Crippen LogP contribution in [-0.2, 0) is 14.4 Å². The summed E-state index contributed by atoms with van der Waals surface area (Å²) in [4.78, 5) is 38.2. The van der Waals surface area contributed by atoms with E-state index >= 15 is 0 Å². The summed E-state index contributed by atoms with van der Waals surface area (Å²) >= 11 is 0.